The minimum absolute atomic E-state index is 0.0629. The summed E-state index contributed by atoms with van der Waals surface area (Å²) in [7, 11) is 0. The van der Waals surface area contributed by atoms with Gasteiger partial charge in [-0.2, -0.15) is 0 Å². The van der Waals surface area contributed by atoms with Gasteiger partial charge in [-0.15, -0.1) is 0 Å². The Bertz CT molecular complexity index is 390. The summed E-state index contributed by atoms with van der Waals surface area (Å²) in [5.41, 5.74) is 3.03. The van der Waals surface area contributed by atoms with Gasteiger partial charge in [0.25, 0.3) is 6.47 Å². The molecule has 0 spiro atoms. The molecule has 0 fully saturated rings. The molecule has 0 unspecified atom stereocenters. The number of rotatable bonds is 4. The van der Waals surface area contributed by atoms with E-state index in [0.29, 0.717) is 18.8 Å². The smallest absolute Gasteiger partial charge is 0.298 e. The first-order valence-corrected chi connectivity index (χ1v) is 4.99. The van der Waals surface area contributed by atoms with E-state index in [-0.39, 0.29) is 5.91 Å². The minimum atomic E-state index is -0.0629. The molecule has 0 bridgehead atoms. The van der Waals surface area contributed by atoms with Crippen molar-refractivity contribution < 1.29 is 14.3 Å². The Morgan fingerprint density at radius 2 is 1.94 bits per heavy atom. The number of carbonyl (C=O) groups excluding carboxylic acids is 2. The van der Waals surface area contributed by atoms with E-state index in [9.17, 15) is 9.59 Å². The Kier molecular flexibility index (Phi) is 4.05. The van der Waals surface area contributed by atoms with E-state index in [1.807, 2.05) is 13.8 Å². The second-order valence-corrected chi connectivity index (χ2v) is 3.66. The third-order valence-electron chi connectivity index (χ3n) is 2.37. The van der Waals surface area contributed by atoms with Gasteiger partial charge in [-0.3, -0.25) is 9.59 Å². The first-order chi connectivity index (χ1) is 7.54. The van der Waals surface area contributed by atoms with Crippen molar-refractivity contribution in [2.75, 3.05) is 0 Å². The van der Waals surface area contributed by atoms with Gasteiger partial charge < -0.3 is 10.1 Å². The molecule has 0 saturated carbocycles. The lowest BCUT2D eigenvalue weighted by Gasteiger charge is -2.11. The molecule has 0 saturated heterocycles. The van der Waals surface area contributed by atoms with Crippen LogP contribution >= 0.6 is 0 Å². The number of benzene rings is 1. The molecule has 4 heteroatoms. The molecule has 0 atom stereocenters. The molecular weight excluding hydrogens is 206 g/mol. The van der Waals surface area contributed by atoms with Crippen molar-refractivity contribution in [3.05, 3.63) is 28.8 Å². The second-order valence-electron chi connectivity index (χ2n) is 3.66. The second kappa shape index (κ2) is 5.30. The average molecular weight is 221 g/mol. The van der Waals surface area contributed by atoms with Gasteiger partial charge in [0.2, 0.25) is 5.91 Å². The van der Waals surface area contributed by atoms with Crippen LogP contribution in [0.2, 0.25) is 0 Å². The number of nitrogens with one attached hydrogen (secondary N) is 1. The Labute approximate surface area is 94.6 Å². The molecule has 1 N–H and O–H groups in total. The van der Waals surface area contributed by atoms with Crippen LogP contribution in [0.5, 0.6) is 5.75 Å². The number of hydrogen-bond donors (Lipinski definition) is 1. The van der Waals surface area contributed by atoms with Crippen LogP contribution in [0.25, 0.3) is 0 Å². The summed E-state index contributed by atoms with van der Waals surface area (Å²) in [5.74, 6) is 0.462. The summed E-state index contributed by atoms with van der Waals surface area (Å²) in [6, 6.07) is 3.55. The van der Waals surface area contributed by atoms with Crippen molar-refractivity contribution in [1.29, 1.82) is 0 Å². The van der Waals surface area contributed by atoms with Gasteiger partial charge in [-0.05, 0) is 42.7 Å². The van der Waals surface area contributed by atoms with Gasteiger partial charge >= 0.3 is 0 Å². The molecule has 1 aromatic rings. The standard InChI is InChI=1S/C12H15NO3/c1-8-4-11(16-7-14)5-9(2)12(8)6-13-10(3)15/h4-5,7H,6H2,1-3H3,(H,13,15). The van der Waals surface area contributed by atoms with Crippen molar-refractivity contribution in [3.8, 4) is 5.75 Å². The number of aryl methyl sites for hydroxylation is 2. The van der Waals surface area contributed by atoms with Crippen molar-refractivity contribution >= 4 is 12.4 Å². The Morgan fingerprint density at radius 1 is 1.38 bits per heavy atom. The predicted molar refractivity (Wildman–Crippen MR) is 60.1 cm³/mol. The van der Waals surface area contributed by atoms with Crippen LogP contribution in [0.3, 0.4) is 0 Å². The monoisotopic (exact) mass is 221 g/mol. The highest BCUT2D eigenvalue weighted by Gasteiger charge is 2.06. The molecular formula is C12H15NO3. The van der Waals surface area contributed by atoms with Crippen LogP contribution in [-0.4, -0.2) is 12.4 Å². The maximum Gasteiger partial charge on any atom is 0.298 e. The largest absolute Gasteiger partial charge is 0.429 e. The third-order valence-corrected chi connectivity index (χ3v) is 2.37. The fourth-order valence-electron chi connectivity index (χ4n) is 1.57. The van der Waals surface area contributed by atoms with Crippen LogP contribution in [0, 0.1) is 13.8 Å². The molecule has 0 aliphatic carbocycles. The van der Waals surface area contributed by atoms with Crippen molar-refractivity contribution in [3.63, 3.8) is 0 Å². The fraction of sp³-hybridized carbons (Fsp3) is 0.333. The van der Waals surface area contributed by atoms with E-state index < -0.39 is 0 Å². The highest BCUT2D eigenvalue weighted by atomic mass is 16.5. The van der Waals surface area contributed by atoms with Gasteiger partial charge in [0.05, 0.1) is 0 Å². The van der Waals surface area contributed by atoms with Gasteiger partial charge in [0, 0.05) is 13.5 Å². The predicted octanol–water partition coefficient (Wildman–Crippen LogP) is 1.47. The van der Waals surface area contributed by atoms with E-state index in [0.717, 1.165) is 16.7 Å². The molecule has 0 aliphatic rings. The van der Waals surface area contributed by atoms with E-state index in [2.05, 4.69) is 5.32 Å². The average Bonchev–Trinajstić information content (AvgIpc) is 2.16. The summed E-state index contributed by atoms with van der Waals surface area (Å²) in [6.07, 6.45) is 0. The van der Waals surface area contributed by atoms with Crippen LogP contribution in [0.15, 0.2) is 12.1 Å². The van der Waals surface area contributed by atoms with E-state index >= 15 is 0 Å². The first kappa shape index (κ1) is 12.2. The summed E-state index contributed by atoms with van der Waals surface area (Å²) < 4.78 is 4.78. The van der Waals surface area contributed by atoms with Crippen LogP contribution in [0.1, 0.15) is 23.6 Å². The number of carbonyl (C=O) groups is 2. The quantitative estimate of drug-likeness (QED) is 0.783. The zero-order chi connectivity index (χ0) is 12.1. The fourth-order valence-corrected chi connectivity index (χ4v) is 1.57. The number of ether oxygens (including phenoxy) is 1. The van der Waals surface area contributed by atoms with E-state index in [1.165, 1.54) is 6.92 Å². The molecule has 0 heterocycles. The summed E-state index contributed by atoms with van der Waals surface area (Å²) in [6.45, 7) is 6.22. The third kappa shape index (κ3) is 3.08. The number of hydrogen-bond acceptors (Lipinski definition) is 3. The zero-order valence-electron chi connectivity index (χ0n) is 9.66. The summed E-state index contributed by atoms with van der Waals surface area (Å²) >= 11 is 0. The Morgan fingerprint density at radius 3 is 2.38 bits per heavy atom. The van der Waals surface area contributed by atoms with Crippen LogP contribution < -0.4 is 10.1 Å². The molecule has 1 amide bonds. The highest BCUT2D eigenvalue weighted by Crippen LogP contribution is 2.21. The van der Waals surface area contributed by atoms with Gasteiger partial charge in [0.15, 0.2) is 0 Å². The van der Waals surface area contributed by atoms with Crippen molar-refractivity contribution in [1.82, 2.24) is 5.32 Å². The lowest BCUT2D eigenvalue weighted by molar-refractivity contribution is -0.121. The normalized spacial score (nSPS) is 9.69. The first-order valence-electron chi connectivity index (χ1n) is 4.99. The maximum absolute atomic E-state index is 10.8. The molecule has 4 nitrogen and oxygen atoms in total. The Balaban J connectivity index is 2.93. The van der Waals surface area contributed by atoms with Crippen molar-refractivity contribution in [2.24, 2.45) is 0 Å². The molecule has 0 aliphatic heterocycles. The summed E-state index contributed by atoms with van der Waals surface area (Å²) in [4.78, 5) is 21.0. The minimum Gasteiger partial charge on any atom is -0.429 e. The number of amides is 1. The lowest BCUT2D eigenvalue weighted by atomic mass is 10.0. The molecule has 0 radical (unpaired) electrons. The van der Waals surface area contributed by atoms with Crippen molar-refractivity contribution in [2.45, 2.75) is 27.3 Å². The van der Waals surface area contributed by atoms with Crippen LogP contribution in [0.4, 0.5) is 0 Å². The van der Waals surface area contributed by atoms with Gasteiger partial charge in [0.1, 0.15) is 5.75 Å². The van der Waals surface area contributed by atoms with Gasteiger partial charge in [-0.25, -0.2) is 0 Å². The SMILES string of the molecule is CC(=O)NCc1c(C)cc(OC=O)cc1C. The topological polar surface area (TPSA) is 55.4 Å². The van der Waals surface area contributed by atoms with E-state index in [1.54, 1.807) is 12.1 Å². The Hall–Kier alpha value is -1.84. The zero-order valence-corrected chi connectivity index (χ0v) is 9.66. The highest BCUT2D eigenvalue weighted by molar-refractivity contribution is 5.72. The molecule has 1 aromatic carbocycles. The van der Waals surface area contributed by atoms with E-state index in [4.69, 9.17) is 4.74 Å². The lowest BCUT2D eigenvalue weighted by Crippen LogP contribution is -2.20. The maximum atomic E-state index is 10.8. The van der Waals surface area contributed by atoms with Crippen LogP contribution in [-0.2, 0) is 16.1 Å². The molecule has 86 valence electrons. The molecule has 0 aromatic heterocycles. The van der Waals surface area contributed by atoms with Gasteiger partial charge in [-0.1, -0.05) is 0 Å². The molecule has 16 heavy (non-hydrogen) atoms. The molecule has 1 rings (SSSR count). The summed E-state index contributed by atoms with van der Waals surface area (Å²) in [5, 5.41) is 2.75.